The molecule has 1 amide bonds. The van der Waals surface area contributed by atoms with Gasteiger partial charge in [-0.25, -0.2) is 0 Å². The number of hydrogen-bond acceptors (Lipinski definition) is 2. The lowest BCUT2D eigenvalue weighted by atomic mass is 10.3. The Labute approximate surface area is 103 Å². The summed E-state index contributed by atoms with van der Waals surface area (Å²) in [6.45, 7) is 3.79. The molecule has 1 aromatic rings. The van der Waals surface area contributed by atoms with Crippen molar-refractivity contribution in [3.05, 3.63) is 22.4 Å². The lowest BCUT2D eigenvalue weighted by Gasteiger charge is -2.20. The van der Waals surface area contributed by atoms with Crippen molar-refractivity contribution >= 4 is 33.2 Å². The van der Waals surface area contributed by atoms with Crippen molar-refractivity contribution in [2.24, 2.45) is 0 Å². The average Bonchev–Trinajstić information content (AvgIpc) is 2.76. The van der Waals surface area contributed by atoms with Gasteiger partial charge < -0.3 is 4.90 Å². The molecule has 84 valence electrons. The van der Waals surface area contributed by atoms with Crippen LogP contribution in [-0.4, -0.2) is 29.2 Å². The number of carbonyl (C=O) groups excluding carboxylic acids is 1. The zero-order valence-corrected chi connectivity index (χ0v) is 11.3. The third kappa shape index (κ3) is 3.95. The number of carbonyl (C=O) groups is 1. The summed E-state index contributed by atoms with van der Waals surface area (Å²) in [4.78, 5) is 14.8. The fourth-order valence-electron chi connectivity index (χ4n) is 1.32. The molecule has 0 radical (unpaired) electrons. The van der Waals surface area contributed by atoms with Crippen LogP contribution in [0.3, 0.4) is 0 Å². The van der Waals surface area contributed by atoms with Gasteiger partial charge in [-0.1, -0.05) is 35.3 Å². The molecular weight excluding hydrogens is 274 g/mol. The summed E-state index contributed by atoms with van der Waals surface area (Å²) < 4.78 is 0. The minimum absolute atomic E-state index is 0.165. The van der Waals surface area contributed by atoms with Gasteiger partial charge in [-0.15, -0.1) is 11.3 Å². The van der Waals surface area contributed by atoms with Crippen molar-refractivity contribution in [1.29, 1.82) is 0 Å². The molecule has 0 unspecified atom stereocenters. The topological polar surface area (TPSA) is 20.3 Å². The standard InChI is InChI=1S/C11H16BrNOS/c1-2-3-7-13(8-6-12)11(14)10-5-4-9-15-10/h4-5,9H,2-3,6-8H2,1H3. The van der Waals surface area contributed by atoms with Crippen LogP contribution in [0.5, 0.6) is 0 Å². The monoisotopic (exact) mass is 289 g/mol. The van der Waals surface area contributed by atoms with E-state index < -0.39 is 0 Å². The fourth-order valence-corrected chi connectivity index (χ4v) is 2.44. The maximum Gasteiger partial charge on any atom is 0.263 e. The van der Waals surface area contributed by atoms with Gasteiger partial charge in [0.1, 0.15) is 0 Å². The fraction of sp³-hybridized carbons (Fsp3) is 0.545. The first-order valence-corrected chi connectivity index (χ1v) is 7.18. The summed E-state index contributed by atoms with van der Waals surface area (Å²) >= 11 is 4.90. The van der Waals surface area contributed by atoms with E-state index in [0.717, 1.165) is 36.1 Å². The SMILES string of the molecule is CCCCN(CCBr)C(=O)c1cccs1. The third-order valence-corrected chi connectivity index (χ3v) is 3.37. The van der Waals surface area contributed by atoms with Crippen LogP contribution in [0.25, 0.3) is 0 Å². The first-order valence-electron chi connectivity index (χ1n) is 5.18. The first-order chi connectivity index (χ1) is 7.29. The van der Waals surface area contributed by atoms with E-state index in [9.17, 15) is 4.79 Å². The van der Waals surface area contributed by atoms with Gasteiger partial charge in [0.2, 0.25) is 0 Å². The zero-order valence-electron chi connectivity index (χ0n) is 8.91. The largest absolute Gasteiger partial charge is 0.337 e. The Morgan fingerprint density at radius 2 is 2.33 bits per heavy atom. The lowest BCUT2D eigenvalue weighted by molar-refractivity contribution is 0.0769. The number of alkyl halides is 1. The molecule has 0 aromatic carbocycles. The third-order valence-electron chi connectivity index (χ3n) is 2.16. The molecule has 0 saturated carbocycles. The molecule has 1 aromatic heterocycles. The number of nitrogens with zero attached hydrogens (tertiary/aromatic N) is 1. The molecule has 1 heterocycles. The summed E-state index contributed by atoms with van der Waals surface area (Å²) in [5.74, 6) is 0.165. The van der Waals surface area contributed by atoms with Crippen LogP contribution in [0.2, 0.25) is 0 Å². The minimum Gasteiger partial charge on any atom is -0.337 e. The Balaban J connectivity index is 2.58. The molecule has 0 aliphatic rings. The maximum absolute atomic E-state index is 12.0. The van der Waals surface area contributed by atoms with Gasteiger partial charge in [0.25, 0.3) is 5.91 Å². The quantitative estimate of drug-likeness (QED) is 0.735. The van der Waals surface area contributed by atoms with E-state index in [-0.39, 0.29) is 5.91 Å². The molecule has 1 rings (SSSR count). The minimum atomic E-state index is 0.165. The summed E-state index contributed by atoms with van der Waals surface area (Å²) in [6.07, 6.45) is 2.20. The number of amides is 1. The van der Waals surface area contributed by atoms with Gasteiger partial charge in [0.05, 0.1) is 4.88 Å². The zero-order chi connectivity index (χ0) is 11.1. The predicted molar refractivity (Wildman–Crippen MR) is 68.9 cm³/mol. The number of rotatable bonds is 6. The van der Waals surface area contributed by atoms with Crippen LogP contribution in [0.1, 0.15) is 29.4 Å². The van der Waals surface area contributed by atoms with Crippen LogP contribution < -0.4 is 0 Å². The molecule has 15 heavy (non-hydrogen) atoms. The lowest BCUT2D eigenvalue weighted by Crippen LogP contribution is -2.33. The highest BCUT2D eigenvalue weighted by molar-refractivity contribution is 9.09. The van der Waals surface area contributed by atoms with Crippen LogP contribution in [0, 0.1) is 0 Å². The predicted octanol–water partition coefficient (Wildman–Crippen LogP) is 3.39. The van der Waals surface area contributed by atoms with Gasteiger partial charge in [0, 0.05) is 18.4 Å². The molecular formula is C11H16BrNOS. The normalized spacial score (nSPS) is 10.3. The van der Waals surface area contributed by atoms with Gasteiger partial charge in [-0.05, 0) is 17.9 Å². The Morgan fingerprint density at radius 1 is 1.53 bits per heavy atom. The van der Waals surface area contributed by atoms with E-state index in [4.69, 9.17) is 0 Å². The van der Waals surface area contributed by atoms with Crippen LogP contribution >= 0.6 is 27.3 Å². The molecule has 0 aliphatic carbocycles. The summed E-state index contributed by atoms with van der Waals surface area (Å²) in [6, 6.07) is 3.81. The highest BCUT2D eigenvalue weighted by Gasteiger charge is 2.14. The van der Waals surface area contributed by atoms with E-state index in [2.05, 4.69) is 22.9 Å². The second kappa shape index (κ2) is 7.01. The van der Waals surface area contributed by atoms with Crippen molar-refractivity contribution in [3.8, 4) is 0 Å². The van der Waals surface area contributed by atoms with Crippen LogP contribution in [0.4, 0.5) is 0 Å². The Kier molecular flexibility index (Phi) is 5.95. The molecule has 0 aliphatic heterocycles. The molecule has 0 bridgehead atoms. The van der Waals surface area contributed by atoms with Gasteiger partial charge in [0.15, 0.2) is 0 Å². The number of halogens is 1. The Morgan fingerprint density at radius 3 is 2.87 bits per heavy atom. The molecule has 0 saturated heterocycles. The smallest absolute Gasteiger partial charge is 0.263 e. The van der Waals surface area contributed by atoms with Crippen molar-refractivity contribution < 1.29 is 4.79 Å². The highest BCUT2D eigenvalue weighted by atomic mass is 79.9. The highest BCUT2D eigenvalue weighted by Crippen LogP contribution is 2.12. The summed E-state index contributed by atoms with van der Waals surface area (Å²) in [5.41, 5.74) is 0. The Hall–Kier alpha value is -0.350. The summed E-state index contributed by atoms with van der Waals surface area (Å²) in [7, 11) is 0. The van der Waals surface area contributed by atoms with Crippen LogP contribution in [0.15, 0.2) is 17.5 Å². The van der Waals surface area contributed by atoms with E-state index in [1.165, 1.54) is 11.3 Å². The van der Waals surface area contributed by atoms with E-state index in [0.29, 0.717) is 0 Å². The van der Waals surface area contributed by atoms with Gasteiger partial charge >= 0.3 is 0 Å². The molecule has 0 atom stereocenters. The number of unbranched alkanes of at least 4 members (excludes halogenated alkanes) is 1. The van der Waals surface area contributed by atoms with Crippen molar-refractivity contribution in [3.63, 3.8) is 0 Å². The molecule has 0 spiro atoms. The molecule has 0 fully saturated rings. The van der Waals surface area contributed by atoms with E-state index in [1.807, 2.05) is 22.4 Å². The average molecular weight is 290 g/mol. The number of thiophene rings is 1. The van der Waals surface area contributed by atoms with Crippen molar-refractivity contribution in [2.75, 3.05) is 18.4 Å². The molecule has 4 heteroatoms. The van der Waals surface area contributed by atoms with Crippen molar-refractivity contribution in [1.82, 2.24) is 4.90 Å². The maximum atomic E-state index is 12.0. The van der Waals surface area contributed by atoms with E-state index in [1.54, 1.807) is 0 Å². The molecule has 2 nitrogen and oxygen atoms in total. The van der Waals surface area contributed by atoms with Gasteiger partial charge in [-0.2, -0.15) is 0 Å². The second-order valence-corrected chi connectivity index (χ2v) is 5.05. The van der Waals surface area contributed by atoms with Gasteiger partial charge in [-0.3, -0.25) is 4.79 Å². The Bertz CT molecular complexity index is 287. The molecule has 0 N–H and O–H groups in total. The van der Waals surface area contributed by atoms with Crippen LogP contribution in [-0.2, 0) is 0 Å². The van der Waals surface area contributed by atoms with E-state index >= 15 is 0 Å². The second-order valence-electron chi connectivity index (χ2n) is 3.31. The van der Waals surface area contributed by atoms with Crippen molar-refractivity contribution in [2.45, 2.75) is 19.8 Å². The first kappa shape index (κ1) is 12.7. The summed E-state index contributed by atoms with van der Waals surface area (Å²) in [5, 5.41) is 2.78. The number of hydrogen-bond donors (Lipinski definition) is 0.